The summed E-state index contributed by atoms with van der Waals surface area (Å²) >= 11 is 0. The lowest BCUT2D eigenvalue weighted by atomic mass is 10.1. The molecule has 0 aromatic heterocycles. The van der Waals surface area contributed by atoms with E-state index in [9.17, 15) is 18.3 Å². The first-order chi connectivity index (χ1) is 15.4. The first kappa shape index (κ1) is 26.7. The molecule has 182 valence electrons. The van der Waals surface area contributed by atoms with E-state index in [1.807, 2.05) is 13.8 Å². The van der Waals surface area contributed by atoms with E-state index in [-0.39, 0.29) is 4.90 Å². The van der Waals surface area contributed by atoms with Crippen LogP contribution in [0.2, 0.25) is 0 Å². The van der Waals surface area contributed by atoms with Crippen molar-refractivity contribution in [1.29, 1.82) is 0 Å². The van der Waals surface area contributed by atoms with Gasteiger partial charge in [-0.2, -0.15) is 4.31 Å². The third kappa shape index (κ3) is 6.06. The summed E-state index contributed by atoms with van der Waals surface area (Å²) in [5.74, 6) is -0.740. The van der Waals surface area contributed by atoms with Crippen LogP contribution in [0.5, 0.6) is 5.75 Å². The quantitative estimate of drug-likeness (QED) is 0.665. The molecule has 33 heavy (non-hydrogen) atoms. The maximum atomic E-state index is 13.2. The van der Waals surface area contributed by atoms with Crippen LogP contribution in [-0.4, -0.2) is 55.6 Å². The lowest BCUT2D eigenvalue weighted by Gasteiger charge is -2.36. The topological polar surface area (TPSA) is 87.2 Å². The molecule has 0 radical (unpaired) electrons. The number of sulfonamides is 1. The van der Waals surface area contributed by atoms with Crippen LogP contribution in [0.3, 0.4) is 0 Å². The Morgan fingerprint density at radius 3 is 2.06 bits per heavy atom. The number of carbonyl (C=O) groups is 1. The zero-order valence-corrected chi connectivity index (χ0v) is 21.5. The average Bonchev–Trinajstić information content (AvgIpc) is 2.76. The minimum Gasteiger partial charge on any atom is -0.478 e. The summed E-state index contributed by atoms with van der Waals surface area (Å²) in [6.07, 6.45) is 0. The fraction of sp³-hybridized carbons (Fsp3) is 0.480. The number of piperazine rings is 1. The van der Waals surface area contributed by atoms with Gasteiger partial charge in [0.05, 0.1) is 4.90 Å². The van der Waals surface area contributed by atoms with E-state index in [1.54, 1.807) is 13.0 Å². The molecule has 2 aromatic carbocycles. The molecule has 1 N–H and O–H groups in total. The van der Waals surface area contributed by atoms with Crippen LogP contribution in [0.25, 0.3) is 0 Å². The van der Waals surface area contributed by atoms with Crippen LogP contribution in [0.1, 0.15) is 44.4 Å². The molecule has 1 fully saturated rings. The zero-order chi connectivity index (χ0) is 25.0. The highest BCUT2D eigenvalue weighted by atomic mass is 32.2. The zero-order valence-electron chi connectivity index (χ0n) is 20.7. The van der Waals surface area contributed by atoms with Gasteiger partial charge >= 0.3 is 5.97 Å². The van der Waals surface area contributed by atoms with Gasteiger partial charge in [-0.1, -0.05) is 31.5 Å². The summed E-state index contributed by atoms with van der Waals surface area (Å²) in [6, 6.07) is 10.8. The van der Waals surface area contributed by atoms with Crippen LogP contribution < -0.4 is 9.64 Å². The van der Waals surface area contributed by atoms with Crippen molar-refractivity contribution in [2.45, 2.75) is 59.0 Å². The Hall–Kier alpha value is -2.58. The molecule has 8 heteroatoms. The van der Waals surface area contributed by atoms with Gasteiger partial charge in [0.25, 0.3) is 0 Å². The average molecular weight is 477 g/mol. The van der Waals surface area contributed by atoms with Gasteiger partial charge < -0.3 is 14.7 Å². The standard InChI is InChI=1S/C23H30N2O5S.C2H6/c1-16-6-8-20(17(2)14-16)24-10-12-25(13-11-24)31(28,29)19-7-9-21(18(3)15-19)30-23(4,5)22(26)27;1-2/h6-9,14-15H,10-13H2,1-5H3,(H,26,27);1-2H3. The smallest absolute Gasteiger partial charge is 0.347 e. The Labute approximate surface area is 198 Å². The number of rotatable bonds is 6. The van der Waals surface area contributed by atoms with Crippen molar-refractivity contribution in [3.8, 4) is 5.75 Å². The Kier molecular flexibility index (Phi) is 8.54. The fourth-order valence-corrected chi connectivity index (χ4v) is 5.20. The Morgan fingerprint density at radius 1 is 0.939 bits per heavy atom. The van der Waals surface area contributed by atoms with Gasteiger partial charge in [-0.3, -0.25) is 0 Å². The summed E-state index contributed by atoms with van der Waals surface area (Å²) in [6.45, 7) is 14.8. The van der Waals surface area contributed by atoms with Gasteiger partial charge in [0.1, 0.15) is 5.75 Å². The van der Waals surface area contributed by atoms with Crippen molar-refractivity contribution in [3.05, 3.63) is 53.1 Å². The third-order valence-corrected chi connectivity index (χ3v) is 7.49. The number of anilines is 1. The van der Waals surface area contributed by atoms with Gasteiger partial charge in [0, 0.05) is 31.9 Å². The van der Waals surface area contributed by atoms with Gasteiger partial charge in [-0.25, -0.2) is 13.2 Å². The van der Waals surface area contributed by atoms with Crippen LogP contribution in [0.15, 0.2) is 41.3 Å². The predicted octanol–water partition coefficient (Wildman–Crippen LogP) is 4.39. The SMILES string of the molecule is CC.Cc1ccc(N2CCN(S(=O)(=O)c3ccc(OC(C)(C)C(=O)O)c(C)c3)CC2)c(C)c1. The maximum absolute atomic E-state index is 13.2. The van der Waals surface area contributed by atoms with Crippen molar-refractivity contribution in [3.63, 3.8) is 0 Å². The molecular formula is C25H36N2O5S. The number of carboxylic acids is 1. The lowest BCUT2D eigenvalue weighted by molar-refractivity contribution is -0.152. The van der Waals surface area contributed by atoms with E-state index in [0.717, 1.165) is 5.69 Å². The summed E-state index contributed by atoms with van der Waals surface area (Å²) in [4.78, 5) is 13.7. The second-order valence-electron chi connectivity index (χ2n) is 8.53. The van der Waals surface area contributed by atoms with Gasteiger partial charge in [0.2, 0.25) is 10.0 Å². The molecule has 2 aromatic rings. The first-order valence-electron chi connectivity index (χ1n) is 11.3. The summed E-state index contributed by atoms with van der Waals surface area (Å²) in [7, 11) is -3.65. The van der Waals surface area contributed by atoms with Crippen LogP contribution in [-0.2, 0) is 14.8 Å². The molecule has 0 spiro atoms. The predicted molar refractivity (Wildman–Crippen MR) is 132 cm³/mol. The van der Waals surface area contributed by atoms with Crippen molar-refractivity contribution in [2.24, 2.45) is 0 Å². The van der Waals surface area contributed by atoms with Gasteiger partial charge in [-0.15, -0.1) is 0 Å². The number of hydrogen-bond acceptors (Lipinski definition) is 5. The highest BCUT2D eigenvalue weighted by Gasteiger charge is 2.32. The second-order valence-corrected chi connectivity index (χ2v) is 10.5. The monoisotopic (exact) mass is 476 g/mol. The van der Waals surface area contributed by atoms with Crippen molar-refractivity contribution in [1.82, 2.24) is 4.31 Å². The number of carboxylic acid groups (broad SMARTS) is 1. The molecule has 0 saturated carbocycles. The van der Waals surface area contributed by atoms with Crippen molar-refractivity contribution in [2.75, 3.05) is 31.1 Å². The van der Waals surface area contributed by atoms with E-state index in [2.05, 4.69) is 36.9 Å². The highest BCUT2D eigenvalue weighted by molar-refractivity contribution is 7.89. The molecule has 0 aliphatic carbocycles. The largest absolute Gasteiger partial charge is 0.478 e. The van der Waals surface area contributed by atoms with E-state index in [1.165, 1.54) is 41.4 Å². The normalized spacial score (nSPS) is 14.9. The Morgan fingerprint density at radius 2 is 1.55 bits per heavy atom. The van der Waals surface area contributed by atoms with Crippen molar-refractivity contribution >= 4 is 21.7 Å². The fourth-order valence-electron chi connectivity index (χ4n) is 3.69. The highest BCUT2D eigenvalue weighted by Crippen LogP contribution is 2.29. The number of hydrogen-bond donors (Lipinski definition) is 1. The second kappa shape index (κ2) is 10.6. The van der Waals surface area contributed by atoms with E-state index >= 15 is 0 Å². The van der Waals surface area contributed by atoms with E-state index < -0.39 is 21.6 Å². The lowest BCUT2D eigenvalue weighted by Crippen LogP contribution is -2.48. The van der Waals surface area contributed by atoms with E-state index in [0.29, 0.717) is 37.5 Å². The van der Waals surface area contributed by atoms with Gasteiger partial charge in [0.15, 0.2) is 5.60 Å². The number of aliphatic carboxylic acids is 1. The van der Waals surface area contributed by atoms with Crippen LogP contribution in [0, 0.1) is 20.8 Å². The summed E-state index contributed by atoms with van der Waals surface area (Å²) in [5, 5.41) is 9.25. The molecule has 1 aliphatic heterocycles. The number of benzene rings is 2. The van der Waals surface area contributed by atoms with Crippen LogP contribution in [0.4, 0.5) is 5.69 Å². The molecule has 0 atom stereocenters. The maximum Gasteiger partial charge on any atom is 0.347 e. The minimum atomic E-state index is -3.65. The molecule has 1 heterocycles. The Bertz CT molecular complexity index is 1090. The molecule has 7 nitrogen and oxygen atoms in total. The third-order valence-electron chi connectivity index (χ3n) is 5.60. The number of ether oxygens (including phenoxy) is 1. The molecule has 1 saturated heterocycles. The van der Waals surface area contributed by atoms with Crippen molar-refractivity contribution < 1.29 is 23.1 Å². The van der Waals surface area contributed by atoms with Crippen LogP contribution >= 0.6 is 0 Å². The van der Waals surface area contributed by atoms with Gasteiger partial charge in [-0.05, 0) is 70.0 Å². The summed E-state index contributed by atoms with van der Waals surface area (Å²) in [5.41, 5.74) is 2.70. The number of nitrogens with zero attached hydrogens (tertiary/aromatic N) is 2. The number of aryl methyl sites for hydroxylation is 3. The molecule has 3 rings (SSSR count). The summed E-state index contributed by atoms with van der Waals surface area (Å²) < 4.78 is 33.4. The van der Waals surface area contributed by atoms with E-state index in [4.69, 9.17) is 4.74 Å². The molecule has 0 unspecified atom stereocenters. The minimum absolute atomic E-state index is 0.186. The molecule has 1 aliphatic rings. The first-order valence-corrected chi connectivity index (χ1v) is 12.7. The molecule has 0 bridgehead atoms. The molecular weight excluding hydrogens is 440 g/mol. The molecule has 0 amide bonds. The Balaban J connectivity index is 0.00000187.